The van der Waals surface area contributed by atoms with Gasteiger partial charge in [-0.1, -0.05) is 37.5 Å². The van der Waals surface area contributed by atoms with E-state index in [2.05, 4.69) is 15.6 Å². The van der Waals surface area contributed by atoms with Gasteiger partial charge in [0, 0.05) is 11.8 Å². The van der Waals surface area contributed by atoms with Gasteiger partial charge in [-0.05, 0) is 63.5 Å². The molecule has 2 amide bonds. The standard InChI is InChI=1S/C26H35N3O4S/c1-26(2,3)33-25(31)29-22(18-34-17-19-10-6-4-7-11-19)24(30)28-20-14-15-23(27-16-20)32-21-12-8-5-9-13-21/h5,8-9,12-16,19,22H,4,6-7,10-11,17-18H2,1-3H3,(H,28,30)(H,29,31). The van der Waals surface area contributed by atoms with E-state index < -0.39 is 17.7 Å². The Balaban J connectivity index is 1.57. The molecule has 8 heteroatoms. The number of rotatable bonds is 9. The number of benzene rings is 1. The number of alkyl carbamates (subject to hydrolysis) is 1. The molecule has 1 aromatic heterocycles. The van der Waals surface area contributed by atoms with Crippen molar-refractivity contribution in [2.45, 2.75) is 64.5 Å². The van der Waals surface area contributed by atoms with Gasteiger partial charge in [0.25, 0.3) is 0 Å². The molecule has 1 aromatic carbocycles. The normalized spacial score (nSPS) is 15.3. The molecule has 0 radical (unpaired) electrons. The molecular formula is C26H35N3O4S. The minimum Gasteiger partial charge on any atom is -0.444 e. The molecule has 1 fully saturated rings. The lowest BCUT2D eigenvalue weighted by Crippen LogP contribution is -2.47. The number of para-hydroxylation sites is 1. The minimum absolute atomic E-state index is 0.305. The zero-order valence-electron chi connectivity index (χ0n) is 20.2. The molecule has 0 spiro atoms. The summed E-state index contributed by atoms with van der Waals surface area (Å²) in [6.45, 7) is 5.39. The summed E-state index contributed by atoms with van der Waals surface area (Å²) in [6.07, 6.45) is 7.30. The average Bonchev–Trinajstić information content (AvgIpc) is 2.80. The van der Waals surface area contributed by atoms with Crippen molar-refractivity contribution in [1.82, 2.24) is 10.3 Å². The largest absolute Gasteiger partial charge is 0.444 e. The highest BCUT2D eigenvalue weighted by Crippen LogP contribution is 2.27. The maximum absolute atomic E-state index is 13.0. The van der Waals surface area contributed by atoms with Gasteiger partial charge in [0.15, 0.2) is 0 Å². The summed E-state index contributed by atoms with van der Waals surface area (Å²) >= 11 is 1.70. The van der Waals surface area contributed by atoms with E-state index in [4.69, 9.17) is 9.47 Å². The summed E-state index contributed by atoms with van der Waals surface area (Å²) in [5, 5.41) is 5.59. The highest BCUT2D eigenvalue weighted by molar-refractivity contribution is 7.99. The zero-order valence-corrected chi connectivity index (χ0v) is 21.0. The van der Waals surface area contributed by atoms with Crippen LogP contribution in [0, 0.1) is 5.92 Å². The Bertz CT molecular complexity index is 910. The van der Waals surface area contributed by atoms with Crippen LogP contribution in [0.4, 0.5) is 10.5 Å². The molecule has 1 saturated carbocycles. The van der Waals surface area contributed by atoms with Gasteiger partial charge in [-0.2, -0.15) is 11.8 Å². The molecule has 2 N–H and O–H groups in total. The van der Waals surface area contributed by atoms with Gasteiger partial charge in [-0.15, -0.1) is 0 Å². The smallest absolute Gasteiger partial charge is 0.408 e. The molecule has 7 nitrogen and oxygen atoms in total. The van der Waals surface area contributed by atoms with Gasteiger partial charge < -0.3 is 20.1 Å². The summed E-state index contributed by atoms with van der Waals surface area (Å²) in [4.78, 5) is 29.6. The van der Waals surface area contributed by atoms with Crippen LogP contribution in [-0.2, 0) is 9.53 Å². The number of ether oxygens (including phenoxy) is 2. The van der Waals surface area contributed by atoms with Crippen molar-refractivity contribution in [2.75, 3.05) is 16.8 Å². The van der Waals surface area contributed by atoms with Crippen molar-refractivity contribution in [2.24, 2.45) is 5.92 Å². The monoisotopic (exact) mass is 485 g/mol. The third-order valence-corrected chi connectivity index (χ3v) is 6.62. The maximum Gasteiger partial charge on any atom is 0.408 e. The number of hydrogen-bond donors (Lipinski definition) is 2. The van der Waals surface area contributed by atoms with E-state index >= 15 is 0 Å². The Labute approximate surface area is 206 Å². The molecule has 1 atom stereocenters. The second-order valence-corrected chi connectivity index (χ2v) is 10.6. The number of carbonyl (C=O) groups excluding carboxylic acids is 2. The summed E-state index contributed by atoms with van der Waals surface area (Å²) in [5.41, 5.74) is -0.113. The molecule has 3 rings (SSSR count). The van der Waals surface area contributed by atoms with E-state index in [1.54, 1.807) is 44.7 Å². The van der Waals surface area contributed by atoms with E-state index in [1.165, 1.54) is 38.3 Å². The van der Waals surface area contributed by atoms with Crippen LogP contribution in [0.2, 0.25) is 0 Å². The van der Waals surface area contributed by atoms with Crippen molar-refractivity contribution in [3.05, 3.63) is 48.7 Å². The van der Waals surface area contributed by atoms with Gasteiger partial charge in [0.05, 0.1) is 11.9 Å². The fourth-order valence-corrected chi connectivity index (χ4v) is 4.97. The Morgan fingerprint density at radius 2 is 1.82 bits per heavy atom. The number of hydrogen-bond acceptors (Lipinski definition) is 6. The Hall–Kier alpha value is -2.74. The van der Waals surface area contributed by atoms with E-state index in [9.17, 15) is 9.59 Å². The number of amides is 2. The van der Waals surface area contributed by atoms with Crippen LogP contribution in [0.15, 0.2) is 48.7 Å². The van der Waals surface area contributed by atoms with Crippen LogP contribution >= 0.6 is 11.8 Å². The Kier molecular flexibility index (Phi) is 9.62. The van der Waals surface area contributed by atoms with Crippen LogP contribution in [0.5, 0.6) is 11.6 Å². The molecule has 0 saturated heterocycles. The van der Waals surface area contributed by atoms with E-state index in [0.717, 1.165) is 5.75 Å². The van der Waals surface area contributed by atoms with Gasteiger partial charge >= 0.3 is 6.09 Å². The lowest BCUT2D eigenvalue weighted by atomic mass is 9.91. The maximum atomic E-state index is 13.0. The van der Waals surface area contributed by atoms with Crippen LogP contribution in [0.25, 0.3) is 0 Å². The lowest BCUT2D eigenvalue weighted by molar-refractivity contribution is -0.117. The second kappa shape index (κ2) is 12.6. The highest BCUT2D eigenvalue weighted by atomic mass is 32.2. The van der Waals surface area contributed by atoms with Crippen molar-refractivity contribution in [1.29, 1.82) is 0 Å². The first-order valence-corrected chi connectivity index (χ1v) is 13.0. The predicted octanol–water partition coefficient (Wildman–Crippen LogP) is 6.02. The Morgan fingerprint density at radius 3 is 2.47 bits per heavy atom. The lowest BCUT2D eigenvalue weighted by Gasteiger charge is -2.24. The number of anilines is 1. The summed E-state index contributed by atoms with van der Waals surface area (Å²) in [6, 6.07) is 12.1. The van der Waals surface area contributed by atoms with Gasteiger partial charge in [0.2, 0.25) is 11.8 Å². The minimum atomic E-state index is -0.719. The summed E-state index contributed by atoms with van der Waals surface area (Å²) in [7, 11) is 0. The first kappa shape index (κ1) is 25.9. The SMILES string of the molecule is CC(C)(C)OC(=O)NC(CSCC1CCCCC1)C(=O)Nc1ccc(Oc2ccccc2)nc1. The first-order chi connectivity index (χ1) is 16.3. The van der Waals surface area contributed by atoms with Crippen molar-refractivity contribution in [3.63, 3.8) is 0 Å². The number of nitrogens with zero attached hydrogens (tertiary/aromatic N) is 1. The number of aromatic nitrogens is 1. The van der Waals surface area contributed by atoms with E-state index in [1.807, 2.05) is 30.3 Å². The fourth-order valence-electron chi connectivity index (χ4n) is 3.69. The molecule has 2 aromatic rings. The van der Waals surface area contributed by atoms with Crippen LogP contribution in [0.1, 0.15) is 52.9 Å². The van der Waals surface area contributed by atoms with Crippen molar-refractivity contribution in [3.8, 4) is 11.6 Å². The van der Waals surface area contributed by atoms with Crippen LogP contribution < -0.4 is 15.4 Å². The summed E-state index contributed by atoms with van der Waals surface area (Å²) in [5.74, 6) is 2.96. The topological polar surface area (TPSA) is 89.5 Å². The highest BCUT2D eigenvalue weighted by Gasteiger charge is 2.25. The molecule has 1 aliphatic carbocycles. The third kappa shape index (κ3) is 9.25. The van der Waals surface area contributed by atoms with Crippen LogP contribution in [-0.4, -0.2) is 40.1 Å². The second-order valence-electron chi connectivity index (χ2n) is 9.53. The Morgan fingerprint density at radius 1 is 1.09 bits per heavy atom. The number of pyridine rings is 1. The third-order valence-electron chi connectivity index (χ3n) is 5.34. The molecule has 184 valence electrons. The first-order valence-electron chi connectivity index (χ1n) is 11.9. The molecule has 1 unspecified atom stereocenters. The zero-order chi connectivity index (χ0) is 24.4. The quantitative estimate of drug-likeness (QED) is 0.451. The number of carbonyl (C=O) groups is 2. The average molecular weight is 486 g/mol. The van der Waals surface area contributed by atoms with E-state index in [0.29, 0.717) is 29.0 Å². The van der Waals surface area contributed by atoms with Crippen molar-refractivity contribution < 1.29 is 19.1 Å². The molecule has 34 heavy (non-hydrogen) atoms. The number of thioether (sulfide) groups is 1. The molecule has 1 heterocycles. The van der Waals surface area contributed by atoms with Crippen LogP contribution in [0.3, 0.4) is 0 Å². The predicted molar refractivity (Wildman–Crippen MR) is 136 cm³/mol. The molecule has 0 bridgehead atoms. The van der Waals surface area contributed by atoms with Crippen molar-refractivity contribution >= 4 is 29.4 Å². The fraction of sp³-hybridized carbons (Fsp3) is 0.500. The van der Waals surface area contributed by atoms with Gasteiger partial charge in [0.1, 0.15) is 17.4 Å². The number of nitrogens with one attached hydrogen (secondary N) is 2. The molecular weight excluding hydrogens is 450 g/mol. The molecule has 0 aliphatic heterocycles. The van der Waals surface area contributed by atoms with Gasteiger partial charge in [-0.3, -0.25) is 4.79 Å². The summed E-state index contributed by atoms with van der Waals surface area (Å²) < 4.78 is 11.1. The molecule has 1 aliphatic rings. The van der Waals surface area contributed by atoms with E-state index in [-0.39, 0.29) is 5.91 Å². The van der Waals surface area contributed by atoms with Gasteiger partial charge in [-0.25, -0.2) is 9.78 Å².